The fraction of sp³-hybridized carbons (Fsp3) is 0.650. The number of nitrogens with zero attached hydrogens (tertiary/aromatic N) is 3. The van der Waals surface area contributed by atoms with Crippen molar-refractivity contribution in [2.45, 2.75) is 45.4 Å². The molecule has 6 heteroatoms. The maximum atomic E-state index is 12.8. The fourth-order valence-corrected chi connectivity index (χ4v) is 4.32. The number of carbonyl (C=O) groups excluding carboxylic acids is 3. The van der Waals surface area contributed by atoms with Gasteiger partial charge in [0.15, 0.2) is 0 Å². The van der Waals surface area contributed by atoms with E-state index in [-0.39, 0.29) is 11.3 Å². The molecule has 6 nitrogen and oxygen atoms in total. The molecule has 0 N–H and O–H groups in total. The highest BCUT2D eigenvalue weighted by Gasteiger charge is 2.43. The van der Waals surface area contributed by atoms with Crippen LogP contribution in [0.1, 0.15) is 55.9 Å². The van der Waals surface area contributed by atoms with Crippen LogP contribution in [-0.2, 0) is 16.6 Å². The minimum atomic E-state index is -0.440. The second-order valence-electron chi connectivity index (χ2n) is 7.83. The van der Waals surface area contributed by atoms with Gasteiger partial charge in [0.25, 0.3) is 11.7 Å². The van der Waals surface area contributed by atoms with Gasteiger partial charge in [0.1, 0.15) is 0 Å². The SMILES string of the molecule is CCCCN1C[C@]2(CCCN(C(=O)C(=O)c3cccn3C)C2)CCC1=O. The first-order chi connectivity index (χ1) is 12.5. The van der Waals surface area contributed by atoms with Crippen molar-refractivity contribution < 1.29 is 14.4 Å². The van der Waals surface area contributed by atoms with Gasteiger partial charge in [-0.05, 0) is 37.8 Å². The van der Waals surface area contributed by atoms with Gasteiger partial charge >= 0.3 is 0 Å². The average molecular weight is 359 g/mol. The lowest BCUT2D eigenvalue weighted by atomic mass is 9.73. The maximum Gasteiger partial charge on any atom is 0.296 e. The summed E-state index contributed by atoms with van der Waals surface area (Å²) in [7, 11) is 1.77. The lowest BCUT2D eigenvalue weighted by Crippen LogP contribution is -2.56. The van der Waals surface area contributed by atoms with Crippen molar-refractivity contribution in [1.82, 2.24) is 14.4 Å². The summed E-state index contributed by atoms with van der Waals surface area (Å²) in [5.74, 6) is -0.625. The van der Waals surface area contributed by atoms with Crippen molar-refractivity contribution in [3.8, 4) is 0 Å². The number of aromatic nitrogens is 1. The summed E-state index contributed by atoms with van der Waals surface area (Å²) in [6.45, 7) is 4.85. The molecule has 2 amide bonds. The van der Waals surface area contributed by atoms with Crippen LogP contribution in [0.5, 0.6) is 0 Å². The van der Waals surface area contributed by atoms with Gasteiger partial charge in [-0.2, -0.15) is 0 Å². The van der Waals surface area contributed by atoms with E-state index in [1.54, 1.807) is 34.8 Å². The van der Waals surface area contributed by atoms with Crippen LogP contribution in [0.3, 0.4) is 0 Å². The number of amides is 2. The molecule has 2 saturated heterocycles. The highest BCUT2D eigenvalue weighted by molar-refractivity contribution is 6.42. The molecule has 0 aromatic carbocycles. The van der Waals surface area contributed by atoms with Crippen LogP contribution in [0.4, 0.5) is 0 Å². The molecular weight excluding hydrogens is 330 g/mol. The van der Waals surface area contributed by atoms with E-state index in [2.05, 4.69) is 6.92 Å². The topological polar surface area (TPSA) is 62.6 Å². The van der Waals surface area contributed by atoms with Crippen LogP contribution in [0.2, 0.25) is 0 Å². The number of aryl methyl sites for hydroxylation is 1. The normalized spacial score (nSPS) is 23.5. The summed E-state index contributed by atoms with van der Waals surface area (Å²) >= 11 is 0. The number of carbonyl (C=O) groups is 3. The number of piperidine rings is 2. The van der Waals surface area contributed by atoms with E-state index in [1.807, 2.05) is 4.90 Å². The molecule has 2 aliphatic rings. The molecular formula is C20H29N3O3. The Morgan fingerprint density at radius 1 is 1.23 bits per heavy atom. The third kappa shape index (κ3) is 3.69. The number of ketones is 1. The third-order valence-electron chi connectivity index (χ3n) is 5.85. The van der Waals surface area contributed by atoms with Crippen molar-refractivity contribution in [2.24, 2.45) is 12.5 Å². The summed E-state index contributed by atoms with van der Waals surface area (Å²) < 4.78 is 1.69. The van der Waals surface area contributed by atoms with Gasteiger partial charge in [0.2, 0.25) is 5.91 Å². The number of unbranched alkanes of at least 4 members (excludes halogenated alkanes) is 1. The number of hydrogen-bond acceptors (Lipinski definition) is 3. The van der Waals surface area contributed by atoms with Gasteiger partial charge in [0, 0.05) is 51.3 Å². The molecule has 1 spiro atoms. The first kappa shape index (κ1) is 18.7. The summed E-state index contributed by atoms with van der Waals surface area (Å²) in [5.41, 5.74) is 0.377. The van der Waals surface area contributed by atoms with Crippen molar-refractivity contribution in [3.63, 3.8) is 0 Å². The summed E-state index contributed by atoms with van der Waals surface area (Å²) in [6, 6.07) is 3.46. The molecule has 1 atom stereocenters. The Labute approximate surface area is 155 Å². The highest BCUT2D eigenvalue weighted by atomic mass is 16.2. The molecule has 0 bridgehead atoms. The smallest absolute Gasteiger partial charge is 0.296 e. The summed E-state index contributed by atoms with van der Waals surface area (Å²) in [6.07, 6.45) is 7.13. The number of Topliss-reactive ketones (excluding diaryl/α,β-unsaturated/α-hetero) is 1. The molecule has 3 heterocycles. The summed E-state index contributed by atoms with van der Waals surface area (Å²) in [5, 5.41) is 0. The molecule has 0 radical (unpaired) electrons. The Morgan fingerprint density at radius 3 is 2.73 bits per heavy atom. The molecule has 0 aliphatic carbocycles. The van der Waals surface area contributed by atoms with E-state index in [0.29, 0.717) is 31.7 Å². The number of hydrogen-bond donors (Lipinski definition) is 0. The van der Waals surface area contributed by atoms with Crippen molar-refractivity contribution in [2.75, 3.05) is 26.2 Å². The second kappa shape index (κ2) is 7.64. The molecule has 26 heavy (non-hydrogen) atoms. The largest absolute Gasteiger partial charge is 0.348 e. The van der Waals surface area contributed by atoms with Crippen molar-refractivity contribution in [1.29, 1.82) is 0 Å². The predicted molar refractivity (Wildman–Crippen MR) is 98.7 cm³/mol. The zero-order valence-corrected chi connectivity index (χ0v) is 15.9. The third-order valence-corrected chi connectivity index (χ3v) is 5.85. The monoisotopic (exact) mass is 359 g/mol. The van der Waals surface area contributed by atoms with E-state index in [9.17, 15) is 14.4 Å². The minimum Gasteiger partial charge on any atom is -0.348 e. The summed E-state index contributed by atoms with van der Waals surface area (Å²) in [4.78, 5) is 41.3. The Balaban J connectivity index is 1.70. The Hall–Kier alpha value is -2.11. The van der Waals surface area contributed by atoms with Crippen LogP contribution in [-0.4, -0.2) is 58.1 Å². The van der Waals surface area contributed by atoms with E-state index < -0.39 is 11.7 Å². The number of likely N-dealkylation sites (tertiary alicyclic amines) is 2. The quantitative estimate of drug-likeness (QED) is 0.598. The van der Waals surface area contributed by atoms with Crippen LogP contribution >= 0.6 is 0 Å². The molecule has 0 unspecified atom stereocenters. The van der Waals surface area contributed by atoms with Crippen LogP contribution in [0.25, 0.3) is 0 Å². The molecule has 142 valence electrons. The molecule has 1 aromatic heterocycles. The van der Waals surface area contributed by atoms with Gasteiger partial charge < -0.3 is 14.4 Å². The Morgan fingerprint density at radius 2 is 2.04 bits per heavy atom. The molecule has 2 aliphatic heterocycles. The molecule has 1 aromatic rings. The van der Waals surface area contributed by atoms with Gasteiger partial charge in [-0.3, -0.25) is 14.4 Å². The van der Waals surface area contributed by atoms with E-state index in [0.717, 1.165) is 38.6 Å². The van der Waals surface area contributed by atoms with E-state index in [1.165, 1.54) is 0 Å². The van der Waals surface area contributed by atoms with Gasteiger partial charge in [-0.1, -0.05) is 13.3 Å². The zero-order chi connectivity index (χ0) is 18.7. The van der Waals surface area contributed by atoms with Gasteiger partial charge in [-0.15, -0.1) is 0 Å². The van der Waals surface area contributed by atoms with E-state index in [4.69, 9.17) is 0 Å². The maximum absolute atomic E-state index is 12.8. The fourth-order valence-electron chi connectivity index (χ4n) is 4.32. The standard InChI is InChI=1S/C20H29N3O3/c1-3-4-12-22-14-20(10-8-17(22)24)9-6-13-23(15-20)19(26)18(25)16-7-5-11-21(16)2/h5,7,11H,3-4,6,8-10,12-15H2,1-2H3/t20-/m0/s1. The molecule has 2 fully saturated rings. The second-order valence-corrected chi connectivity index (χ2v) is 7.83. The lowest BCUT2D eigenvalue weighted by Gasteiger charge is -2.48. The van der Waals surface area contributed by atoms with Crippen molar-refractivity contribution in [3.05, 3.63) is 24.0 Å². The first-order valence-corrected chi connectivity index (χ1v) is 9.68. The average Bonchev–Trinajstić information content (AvgIpc) is 3.07. The highest BCUT2D eigenvalue weighted by Crippen LogP contribution is 2.39. The molecule has 0 saturated carbocycles. The number of rotatable bonds is 5. The zero-order valence-electron chi connectivity index (χ0n) is 15.9. The first-order valence-electron chi connectivity index (χ1n) is 9.68. The van der Waals surface area contributed by atoms with Crippen LogP contribution in [0, 0.1) is 5.41 Å². The van der Waals surface area contributed by atoms with Gasteiger partial charge in [-0.25, -0.2) is 0 Å². The van der Waals surface area contributed by atoms with Crippen molar-refractivity contribution >= 4 is 17.6 Å². The minimum absolute atomic E-state index is 0.0515. The van der Waals surface area contributed by atoms with Crippen LogP contribution < -0.4 is 0 Å². The van der Waals surface area contributed by atoms with E-state index >= 15 is 0 Å². The molecule has 3 rings (SSSR count). The van der Waals surface area contributed by atoms with Gasteiger partial charge in [0.05, 0.1) is 5.69 Å². The van der Waals surface area contributed by atoms with Crippen LogP contribution in [0.15, 0.2) is 18.3 Å². The lowest BCUT2D eigenvalue weighted by molar-refractivity contribution is -0.141. The Bertz CT molecular complexity index is 696. The Kier molecular flexibility index (Phi) is 5.49. The predicted octanol–water partition coefficient (Wildman–Crippen LogP) is 2.24.